The first-order chi connectivity index (χ1) is 12.6. The zero-order chi connectivity index (χ0) is 18.8. The van der Waals surface area contributed by atoms with Crippen LogP contribution in [0.4, 0.5) is 0 Å². The summed E-state index contributed by atoms with van der Waals surface area (Å²) in [6, 6.07) is 15.9. The molecule has 0 aliphatic rings. The van der Waals surface area contributed by atoms with E-state index in [0.717, 1.165) is 49.4 Å². The van der Waals surface area contributed by atoms with E-state index in [4.69, 9.17) is 4.74 Å². The third-order valence-corrected chi connectivity index (χ3v) is 4.01. The first kappa shape index (κ1) is 20.0. The van der Waals surface area contributed by atoms with Crippen LogP contribution in [0.25, 0.3) is 0 Å². The summed E-state index contributed by atoms with van der Waals surface area (Å²) in [7, 11) is 0. The number of ether oxygens (including phenoxy) is 1. The van der Waals surface area contributed by atoms with Gasteiger partial charge in [0.2, 0.25) is 0 Å². The van der Waals surface area contributed by atoms with Gasteiger partial charge in [-0.2, -0.15) is 0 Å². The lowest BCUT2D eigenvalue weighted by molar-refractivity contribution is 0.0953. The minimum atomic E-state index is -0.00211. The molecule has 0 atom stereocenters. The fourth-order valence-corrected chi connectivity index (χ4v) is 2.62. The van der Waals surface area contributed by atoms with E-state index in [0.29, 0.717) is 5.56 Å². The van der Waals surface area contributed by atoms with Crippen molar-refractivity contribution in [2.75, 3.05) is 6.54 Å². The van der Waals surface area contributed by atoms with Crippen molar-refractivity contribution in [3.05, 3.63) is 65.2 Å². The van der Waals surface area contributed by atoms with Crippen LogP contribution in [0, 0.1) is 0 Å². The standard InChI is InChI=1S/C22H30N2O2/c1-4-5-14-24-22(25)19-12-10-18(11-13-19)15-23-16-20-8-6-7-9-21(20)26-17(2)3/h6-13,17,23H,4-5,14-16H2,1-3H3,(H,24,25). The highest BCUT2D eigenvalue weighted by Gasteiger charge is 2.06. The first-order valence-electron chi connectivity index (χ1n) is 9.42. The smallest absolute Gasteiger partial charge is 0.251 e. The molecule has 1 amide bonds. The molecule has 4 heteroatoms. The van der Waals surface area contributed by atoms with E-state index in [1.807, 2.05) is 56.3 Å². The molecule has 0 bridgehead atoms. The second-order valence-electron chi connectivity index (χ2n) is 6.68. The third kappa shape index (κ3) is 6.52. The average Bonchev–Trinajstić information content (AvgIpc) is 2.63. The lowest BCUT2D eigenvalue weighted by Gasteiger charge is -2.14. The Balaban J connectivity index is 1.84. The monoisotopic (exact) mass is 354 g/mol. The predicted octanol–water partition coefficient (Wildman–Crippen LogP) is 4.29. The highest BCUT2D eigenvalue weighted by atomic mass is 16.5. The Morgan fingerprint density at radius 2 is 1.77 bits per heavy atom. The molecular weight excluding hydrogens is 324 g/mol. The van der Waals surface area contributed by atoms with Gasteiger partial charge in [0.15, 0.2) is 0 Å². The van der Waals surface area contributed by atoms with E-state index >= 15 is 0 Å². The minimum Gasteiger partial charge on any atom is -0.491 e. The summed E-state index contributed by atoms with van der Waals surface area (Å²) in [6.07, 6.45) is 2.25. The molecular formula is C22H30N2O2. The number of carbonyl (C=O) groups excluding carboxylic acids is 1. The quantitative estimate of drug-likeness (QED) is 0.626. The van der Waals surface area contributed by atoms with Gasteiger partial charge < -0.3 is 15.4 Å². The van der Waals surface area contributed by atoms with E-state index in [9.17, 15) is 4.79 Å². The number of rotatable bonds is 10. The fourth-order valence-electron chi connectivity index (χ4n) is 2.62. The maximum absolute atomic E-state index is 12.0. The maximum Gasteiger partial charge on any atom is 0.251 e. The molecule has 0 saturated heterocycles. The number of nitrogens with one attached hydrogen (secondary N) is 2. The lowest BCUT2D eigenvalue weighted by atomic mass is 10.1. The fraction of sp³-hybridized carbons (Fsp3) is 0.409. The molecule has 0 fully saturated rings. The van der Waals surface area contributed by atoms with E-state index in [1.165, 1.54) is 0 Å². The van der Waals surface area contributed by atoms with Crippen molar-refractivity contribution in [1.29, 1.82) is 0 Å². The third-order valence-electron chi connectivity index (χ3n) is 4.01. The Morgan fingerprint density at radius 1 is 1.04 bits per heavy atom. The van der Waals surface area contributed by atoms with Gasteiger partial charge in [0.25, 0.3) is 5.91 Å². The van der Waals surface area contributed by atoms with Crippen LogP contribution in [-0.4, -0.2) is 18.6 Å². The van der Waals surface area contributed by atoms with Gasteiger partial charge in [-0.05, 0) is 44.0 Å². The van der Waals surface area contributed by atoms with Crippen LogP contribution < -0.4 is 15.4 Å². The first-order valence-corrected chi connectivity index (χ1v) is 9.42. The van der Waals surface area contributed by atoms with Crippen molar-refractivity contribution >= 4 is 5.91 Å². The van der Waals surface area contributed by atoms with Crippen molar-refractivity contribution < 1.29 is 9.53 Å². The molecule has 140 valence electrons. The zero-order valence-electron chi connectivity index (χ0n) is 16.0. The van der Waals surface area contributed by atoms with Gasteiger partial charge in [-0.15, -0.1) is 0 Å². The largest absolute Gasteiger partial charge is 0.491 e. The lowest BCUT2D eigenvalue weighted by Crippen LogP contribution is -2.24. The van der Waals surface area contributed by atoms with Gasteiger partial charge in [0.05, 0.1) is 6.10 Å². The van der Waals surface area contributed by atoms with Crippen LogP contribution in [0.5, 0.6) is 5.75 Å². The van der Waals surface area contributed by atoms with E-state index < -0.39 is 0 Å². The van der Waals surface area contributed by atoms with E-state index in [2.05, 4.69) is 23.6 Å². The summed E-state index contributed by atoms with van der Waals surface area (Å²) in [4.78, 5) is 12.0. The highest BCUT2D eigenvalue weighted by Crippen LogP contribution is 2.19. The summed E-state index contributed by atoms with van der Waals surface area (Å²) in [5, 5.41) is 6.38. The molecule has 0 aliphatic carbocycles. The van der Waals surface area contributed by atoms with Crippen LogP contribution in [0.3, 0.4) is 0 Å². The molecule has 0 saturated carbocycles. The van der Waals surface area contributed by atoms with Crippen LogP contribution >= 0.6 is 0 Å². The maximum atomic E-state index is 12.0. The van der Waals surface area contributed by atoms with Crippen LogP contribution in [0.2, 0.25) is 0 Å². The van der Waals surface area contributed by atoms with Crippen molar-refractivity contribution in [3.63, 3.8) is 0 Å². The van der Waals surface area contributed by atoms with Crippen molar-refractivity contribution in [2.24, 2.45) is 0 Å². The van der Waals surface area contributed by atoms with E-state index in [-0.39, 0.29) is 12.0 Å². The normalized spacial score (nSPS) is 10.8. The summed E-state index contributed by atoms with van der Waals surface area (Å²) in [5.74, 6) is 0.923. The highest BCUT2D eigenvalue weighted by molar-refractivity contribution is 5.94. The zero-order valence-corrected chi connectivity index (χ0v) is 16.0. The number of hydrogen-bond donors (Lipinski definition) is 2. The average molecular weight is 354 g/mol. The Labute approximate surface area is 157 Å². The van der Waals surface area contributed by atoms with Gasteiger partial charge in [-0.25, -0.2) is 0 Å². The molecule has 4 nitrogen and oxygen atoms in total. The molecule has 0 unspecified atom stereocenters. The van der Waals surface area contributed by atoms with Crippen LogP contribution in [0.15, 0.2) is 48.5 Å². The molecule has 2 aromatic carbocycles. The molecule has 0 aliphatic heterocycles. The molecule has 0 heterocycles. The summed E-state index contributed by atoms with van der Waals surface area (Å²) >= 11 is 0. The predicted molar refractivity (Wildman–Crippen MR) is 106 cm³/mol. The van der Waals surface area contributed by atoms with Crippen LogP contribution in [0.1, 0.15) is 55.1 Å². The van der Waals surface area contributed by atoms with Gasteiger partial charge in [0, 0.05) is 30.8 Å². The summed E-state index contributed by atoms with van der Waals surface area (Å²) in [5.41, 5.74) is 3.01. The molecule has 26 heavy (non-hydrogen) atoms. The number of unbranched alkanes of at least 4 members (excludes halogenated alkanes) is 1. The summed E-state index contributed by atoms with van der Waals surface area (Å²) < 4.78 is 5.85. The number of benzene rings is 2. The molecule has 0 radical (unpaired) electrons. The molecule has 2 N–H and O–H groups in total. The molecule has 0 spiro atoms. The molecule has 2 aromatic rings. The number of para-hydroxylation sites is 1. The van der Waals surface area contributed by atoms with E-state index in [1.54, 1.807) is 0 Å². The van der Waals surface area contributed by atoms with Crippen molar-refractivity contribution in [1.82, 2.24) is 10.6 Å². The Bertz CT molecular complexity index is 681. The topological polar surface area (TPSA) is 50.4 Å². The number of carbonyl (C=O) groups is 1. The number of hydrogen-bond acceptors (Lipinski definition) is 3. The molecule has 0 aromatic heterocycles. The van der Waals surface area contributed by atoms with Crippen molar-refractivity contribution in [3.8, 4) is 5.75 Å². The Morgan fingerprint density at radius 3 is 2.46 bits per heavy atom. The van der Waals surface area contributed by atoms with Gasteiger partial charge >= 0.3 is 0 Å². The van der Waals surface area contributed by atoms with Gasteiger partial charge in [-0.3, -0.25) is 4.79 Å². The van der Waals surface area contributed by atoms with Crippen molar-refractivity contribution in [2.45, 2.75) is 52.8 Å². The van der Waals surface area contributed by atoms with Gasteiger partial charge in [-0.1, -0.05) is 43.7 Å². The molecule has 2 rings (SSSR count). The SMILES string of the molecule is CCCCNC(=O)c1ccc(CNCc2ccccc2OC(C)C)cc1. The Kier molecular flexibility index (Phi) is 8.16. The van der Waals surface area contributed by atoms with Crippen LogP contribution in [-0.2, 0) is 13.1 Å². The second-order valence-corrected chi connectivity index (χ2v) is 6.68. The number of amides is 1. The second kappa shape index (κ2) is 10.6. The minimum absolute atomic E-state index is 0.00211. The van der Waals surface area contributed by atoms with Gasteiger partial charge in [0.1, 0.15) is 5.75 Å². The summed E-state index contributed by atoms with van der Waals surface area (Å²) in [6.45, 7) is 8.39. The Hall–Kier alpha value is -2.33.